The van der Waals surface area contributed by atoms with Crippen molar-refractivity contribution in [1.82, 2.24) is 0 Å². The van der Waals surface area contributed by atoms with Crippen LogP contribution < -0.4 is 10.6 Å². The van der Waals surface area contributed by atoms with Crippen molar-refractivity contribution in [1.29, 1.82) is 0 Å². The van der Waals surface area contributed by atoms with E-state index in [0.717, 1.165) is 16.9 Å². The van der Waals surface area contributed by atoms with Gasteiger partial charge in [0.2, 0.25) is 5.91 Å². The Kier molecular flexibility index (Phi) is 6.37. The highest BCUT2D eigenvalue weighted by atomic mass is 16.5. The van der Waals surface area contributed by atoms with E-state index >= 15 is 0 Å². The molecule has 0 heterocycles. The SMILES string of the molecule is CCOC(=O)c1ccc(NCCC(=O)Nc2cccc(C)c2)cc1. The van der Waals surface area contributed by atoms with Gasteiger partial charge in [0.15, 0.2) is 0 Å². The molecule has 0 aliphatic rings. The topological polar surface area (TPSA) is 67.4 Å². The maximum atomic E-state index is 11.9. The number of nitrogens with one attached hydrogen (secondary N) is 2. The van der Waals surface area contributed by atoms with Crippen LogP contribution in [0.2, 0.25) is 0 Å². The summed E-state index contributed by atoms with van der Waals surface area (Å²) in [5.41, 5.74) is 3.28. The van der Waals surface area contributed by atoms with Gasteiger partial charge in [-0.15, -0.1) is 0 Å². The van der Waals surface area contributed by atoms with Crippen molar-refractivity contribution in [3.05, 3.63) is 59.7 Å². The van der Waals surface area contributed by atoms with E-state index < -0.39 is 0 Å². The summed E-state index contributed by atoms with van der Waals surface area (Å²) < 4.78 is 4.93. The highest BCUT2D eigenvalue weighted by molar-refractivity contribution is 5.91. The second-order valence-corrected chi connectivity index (χ2v) is 5.39. The average molecular weight is 326 g/mol. The molecule has 2 aromatic carbocycles. The molecule has 24 heavy (non-hydrogen) atoms. The van der Waals surface area contributed by atoms with Crippen LogP contribution in [0.3, 0.4) is 0 Å². The second-order valence-electron chi connectivity index (χ2n) is 5.39. The number of hydrogen-bond donors (Lipinski definition) is 2. The fourth-order valence-corrected chi connectivity index (χ4v) is 2.21. The highest BCUT2D eigenvalue weighted by Gasteiger charge is 2.06. The number of aryl methyl sites for hydroxylation is 1. The summed E-state index contributed by atoms with van der Waals surface area (Å²) in [5.74, 6) is -0.377. The first-order chi connectivity index (χ1) is 11.6. The summed E-state index contributed by atoms with van der Waals surface area (Å²) in [5, 5.41) is 6.02. The largest absolute Gasteiger partial charge is 0.462 e. The predicted molar refractivity (Wildman–Crippen MR) is 95.3 cm³/mol. The molecule has 126 valence electrons. The minimum absolute atomic E-state index is 0.0451. The molecular formula is C19H22N2O3. The van der Waals surface area contributed by atoms with Crippen molar-refractivity contribution >= 4 is 23.3 Å². The van der Waals surface area contributed by atoms with Gasteiger partial charge < -0.3 is 15.4 Å². The van der Waals surface area contributed by atoms with Gasteiger partial charge in [0.25, 0.3) is 0 Å². The van der Waals surface area contributed by atoms with Crippen LogP contribution in [0.25, 0.3) is 0 Å². The minimum atomic E-state index is -0.332. The summed E-state index contributed by atoms with van der Waals surface area (Å²) in [6, 6.07) is 14.7. The molecule has 0 fully saturated rings. The fourth-order valence-electron chi connectivity index (χ4n) is 2.21. The Balaban J connectivity index is 1.77. The minimum Gasteiger partial charge on any atom is -0.462 e. The zero-order valence-electron chi connectivity index (χ0n) is 14.0. The van der Waals surface area contributed by atoms with Gasteiger partial charge in [-0.2, -0.15) is 0 Å². The average Bonchev–Trinajstić information content (AvgIpc) is 2.55. The number of rotatable bonds is 7. The molecule has 5 nitrogen and oxygen atoms in total. The molecule has 0 unspecified atom stereocenters. The zero-order valence-corrected chi connectivity index (χ0v) is 14.0. The number of amides is 1. The predicted octanol–water partition coefficient (Wildman–Crippen LogP) is 3.61. The molecule has 0 saturated carbocycles. The molecule has 0 atom stereocenters. The van der Waals surface area contributed by atoms with Crippen LogP contribution in [-0.4, -0.2) is 25.0 Å². The van der Waals surface area contributed by atoms with E-state index in [1.165, 1.54) is 0 Å². The van der Waals surface area contributed by atoms with Crippen LogP contribution in [0.4, 0.5) is 11.4 Å². The van der Waals surface area contributed by atoms with E-state index in [0.29, 0.717) is 25.1 Å². The van der Waals surface area contributed by atoms with Gasteiger partial charge in [-0.1, -0.05) is 12.1 Å². The normalized spacial score (nSPS) is 10.1. The van der Waals surface area contributed by atoms with Crippen molar-refractivity contribution < 1.29 is 14.3 Å². The van der Waals surface area contributed by atoms with Crippen LogP contribution in [0.1, 0.15) is 29.3 Å². The van der Waals surface area contributed by atoms with Crippen molar-refractivity contribution in [3.63, 3.8) is 0 Å². The van der Waals surface area contributed by atoms with Gasteiger partial charge in [-0.3, -0.25) is 4.79 Å². The molecule has 5 heteroatoms. The maximum Gasteiger partial charge on any atom is 0.338 e. The molecule has 0 saturated heterocycles. The number of carbonyl (C=O) groups excluding carboxylic acids is 2. The lowest BCUT2D eigenvalue weighted by molar-refractivity contribution is -0.115. The summed E-state index contributed by atoms with van der Waals surface area (Å²) in [7, 11) is 0. The van der Waals surface area contributed by atoms with Crippen LogP contribution in [0.15, 0.2) is 48.5 Å². The number of benzene rings is 2. The van der Waals surface area contributed by atoms with Gasteiger partial charge >= 0.3 is 5.97 Å². The maximum absolute atomic E-state index is 11.9. The van der Waals surface area contributed by atoms with Gasteiger partial charge in [0.1, 0.15) is 0 Å². The molecule has 2 N–H and O–H groups in total. The number of ether oxygens (including phenoxy) is 1. The summed E-state index contributed by atoms with van der Waals surface area (Å²) >= 11 is 0. The van der Waals surface area contributed by atoms with Crippen LogP contribution in [-0.2, 0) is 9.53 Å². The smallest absolute Gasteiger partial charge is 0.338 e. The lowest BCUT2D eigenvalue weighted by Crippen LogP contribution is -2.16. The van der Waals surface area contributed by atoms with E-state index in [-0.39, 0.29) is 11.9 Å². The number of hydrogen-bond acceptors (Lipinski definition) is 4. The Morgan fingerprint density at radius 1 is 1.04 bits per heavy atom. The van der Waals surface area contributed by atoms with Crippen LogP contribution >= 0.6 is 0 Å². The first-order valence-corrected chi connectivity index (χ1v) is 7.96. The summed E-state index contributed by atoms with van der Waals surface area (Å²) in [4.78, 5) is 23.5. The quantitative estimate of drug-likeness (QED) is 0.763. The lowest BCUT2D eigenvalue weighted by Gasteiger charge is -2.08. The van der Waals surface area contributed by atoms with Gasteiger partial charge in [-0.25, -0.2) is 4.79 Å². The zero-order chi connectivity index (χ0) is 17.4. The van der Waals surface area contributed by atoms with Gasteiger partial charge in [0.05, 0.1) is 12.2 Å². The molecule has 0 aromatic heterocycles. The Morgan fingerprint density at radius 2 is 1.79 bits per heavy atom. The van der Waals surface area contributed by atoms with Crippen molar-refractivity contribution in [2.24, 2.45) is 0 Å². The molecule has 0 spiro atoms. The summed E-state index contributed by atoms with van der Waals surface area (Å²) in [6.45, 7) is 4.62. The molecule has 1 amide bonds. The Hall–Kier alpha value is -2.82. The van der Waals surface area contributed by atoms with Crippen molar-refractivity contribution in [3.8, 4) is 0 Å². The lowest BCUT2D eigenvalue weighted by atomic mass is 10.2. The second kappa shape index (κ2) is 8.72. The molecule has 2 aromatic rings. The van der Waals surface area contributed by atoms with Crippen LogP contribution in [0.5, 0.6) is 0 Å². The number of carbonyl (C=O) groups is 2. The Morgan fingerprint density at radius 3 is 2.46 bits per heavy atom. The fraction of sp³-hybridized carbons (Fsp3) is 0.263. The molecule has 0 aliphatic carbocycles. The van der Waals surface area contributed by atoms with E-state index in [1.807, 2.05) is 31.2 Å². The van der Waals surface area contributed by atoms with Crippen molar-refractivity contribution in [2.75, 3.05) is 23.8 Å². The first kappa shape index (κ1) is 17.5. The monoisotopic (exact) mass is 326 g/mol. The third kappa shape index (κ3) is 5.43. The van der Waals surface area contributed by atoms with Gasteiger partial charge in [0, 0.05) is 24.3 Å². The molecule has 2 rings (SSSR count). The van der Waals surface area contributed by atoms with Crippen molar-refractivity contribution in [2.45, 2.75) is 20.3 Å². The number of anilines is 2. The molecule has 0 aliphatic heterocycles. The van der Waals surface area contributed by atoms with Crippen LogP contribution in [0, 0.1) is 6.92 Å². The van der Waals surface area contributed by atoms with E-state index in [1.54, 1.807) is 31.2 Å². The summed E-state index contributed by atoms with van der Waals surface area (Å²) in [6.07, 6.45) is 0.355. The Labute approximate surface area is 142 Å². The molecular weight excluding hydrogens is 304 g/mol. The Bertz CT molecular complexity index is 696. The highest BCUT2D eigenvalue weighted by Crippen LogP contribution is 2.12. The van der Waals surface area contributed by atoms with E-state index in [2.05, 4.69) is 10.6 Å². The standard InChI is InChI=1S/C19H22N2O3/c1-3-24-19(23)15-7-9-16(10-8-15)20-12-11-18(22)21-17-6-4-5-14(2)13-17/h4-10,13,20H,3,11-12H2,1-2H3,(H,21,22). The van der Waals surface area contributed by atoms with Gasteiger partial charge in [-0.05, 0) is 55.8 Å². The van der Waals surface area contributed by atoms with E-state index in [9.17, 15) is 9.59 Å². The first-order valence-electron chi connectivity index (χ1n) is 7.96. The third-order valence-electron chi connectivity index (χ3n) is 3.38. The number of esters is 1. The molecule has 0 radical (unpaired) electrons. The molecule has 0 bridgehead atoms. The third-order valence-corrected chi connectivity index (χ3v) is 3.38. The van der Waals surface area contributed by atoms with E-state index in [4.69, 9.17) is 4.74 Å².